The van der Waals surface area contributed by atoms with E-state index in [1.165, 1.54) is 6.20 Å². The third-order valence-electron chi connectivity index (χ3n) is 2.81. The number of aromatic nitrogens is 1. The van der Waals surface area contributed by atoms with Gasteiger partial charge in [0.1, 0.15) is 0 Å². The minimum Gasteiger partial charge on any atom is -0.383 e. The van der Waals surface area contributed by atoms with Crippen molar-refractivity contribution in [2.45, 2.75) is 13.1 Å². The highest BCUT2D eigenvalue weighted by molar-refractivity contribution is 5.80. The van der Waals surface area contributed by atoms with Crippen LogP contribution < -0.4 is 5.32 Å². The molecular weight excluding hydrogens is 238 g/mol. The number of alkyl halides is 2. The molecule has 1 aromatic heterocycles. The fourth-order valence-electron chi connectivity index (χ4n) is 1.90. The number of halogens is 2. The third-order valence-corrected chi connectivity index (χ3v) is 2.81. The number of ether oxygens (including phenoxy) is 1. The lowest BCUT2D eigenvalue weighted by atomic mass is 10.1. The summed E-state index contributed by atoms with van der Waals surface area (Å²) in [4.78, 5) is 0. The highest BCUT2D eigenvalue weighted by Gasteiger charge is 2.09. The van der Waals surface area contributed by atoms with Crippen molar-refractivity contribution < 1.29 is 13.5 Å². The molecule has 98 valence electrons. The molecule has 1 aromatic carbocycles. The third kappa shape index (κ3) is 2.86. The molecule has 5 heteroatoms. The van der Waals surface area contributed by atoms with E-state index in [-0.39, 0.29) is 0 Å². The van der Waals surface area contributed by atoms with Crippen LogP contribution in [0.3, 0.4) is 0 Å². The largest absolute Gasteiger partial charge is 0.383 e. The molecule has 2 rings (SSSR count). The Morgan fingerprint density at radius 2 is 2.17 bits per heavy atom. The van der Waals surface area contributed by atoms with Gasteiger partial charge in [-0.05, 0) is 23.8 Å². The average Bonchev–Trinajstić information content (AvgIpc) is 2.77. The molecule has 1 N–H and O–H groups in total. The summed E-state index contributed by atoms with van der Waals surface area (Å²) in [6.45, 7) is -0.358. The highest BCUT2D eigenvalue weighted by atomic mass is 19.3. The summed E-state index contributed by atoms with van der Waals surface area (Å²) in [5.41, 5.74) is 1.64. The molecule has 0 atom stereocenters. The minimum atomic E-state index is -2.49. The van der Waals surface area contributed by atoms with Crippen molar-refractivity contribution in [1.29, 1.82) is 0 Å². The number of benzene rings is 1. The van der Waals surface area contributed by atoms with Crippen molar-refractivity contribution in [3.05, 3.63) is 36.0 Å². The first-order valence-electron chi connectivity index (χ1n) is 5.79. The normalized spacial score (nSPS) is 11.6. The lowest BCUT2D eigenvalue weighted by Crippen LogP contribution is -2.18. The van der Waals surface area contributed by atoms with Gasteiger partial charge in [0.2, 0.25) is 0 Å². The molecule has 0 aliphatic heterocycles. The van der Waals surface area contributed by atoms with E-state index in [0.717, 1.165) is 22.1 Å². The fraction of sp³-hybridized carbons (Fsp3) is 0.385. The number of fused-ring (bicyclic) bond motifs is 1. The zero-order valence-corrected chi connectivity index (χ0v) is 10.2. The summed E-state index contributed by atoms with van der Waals surface area (Å²) in [7, 11) is 1.65. The average molecular weight is 254 g/mol. The number of hydrogen-bond acceptors (Lipinski definition) is 2. The van der Waals surface area contributed by atoms with E-state index in [4.69, 9.17) is 4.74 Å². The SMILES string of the molecule is COCCNCc1ccc2c(ccn2C(F)F)c1. The second-order valence-corrected chi connectivity index (χ2v) is 4.06. The molecule has 0 radical (unpaired) electrons. The van der Waals surface area contributed by atoms with Gasteiger partial charge in [-0.25, -0.2) is 0 Å². The number of methoxy groups -OCH3 is 1. The molecule has 0 spiro atoms. The lowest BCUT2D eigenvalue weighted by molar-refractivity contribution is 0.0752. The Morgan fingerprint density at radius 3 is 2.89 bits per heavy atom. The summed E-state index contributed by atoms with van der Waals surface area (Å²) in [6, 6.07) is 7.23. The molecule has 1 heterocycles. The van der Waals surface area contributed by atoms with Gasteiger partial charge in [-0.15, -0.1) is 0 Å². The van der Waals surface area contributed by atoms with Crippen LogP contribution >= 0.6 is 0 Å². The monoisotopic (exact) mass is 254 g/mol. The van der Waals surface area contributed by atoms with E-state index in [1.807, 2.05) is 12.1 Å². The molecule has 0 fully saturated rings. The summed E-state index contributed by atoms with van der Waals surface area (Å²) in [5, 5.41) is 4.05. The first kappa shape index (κ1) is 13.0. The highest BCUT2D eigenvalue weighted by Crippen LogP contribution is 2.22. The first-order valence-corrected chi connectivity index (χ1v) is 5.79. The van der Waals surface area contributed by atoms with Crippen LogP contribution in [0.2, 0.25) is 0 Å². The van der Waals surface area contributed by atoms with Crippen LogP contribution in [0.25, 0.3) is 10.9 Å². The summed E-state index contributed by atoms with van der Waals surface area (Å²) in [5.74, 6) is 0. The van der Waals surface area contributed by atoms with Gasteiger partial charge in [0, 0.05) is 31.8 Å². The second kappa shape index (κ2) is 5.93. The van der Waals surface area contributed by atoms with Crippen LogP contribution in [0.15, 0.2) is 30.5 Å². The molecule has 0 aliphatic carbocycles. The van der Waals surface area contributed by atoms with Gasteiger partial charge in [-0.1, -0.05) is 6.07 Å². The molecule has 18 heavy (non-hydrogen) atoms. The number of hydrogen-bond donors (Lipinski definition) is 1. The number of nitrogens with one attached hydrogen (secondary N) is 1. The van der Waals surface area contributed by atoms with Gasteiger partial charge in [0.25, 0.3) is 0 Å². The molecule has 3 nitrogen and oxygen atoms in total. The number of nitrogens with zero attached hydrogens (tertiary/aromatic N) is 1. The molecule has 0 aliphatic rings. The van der Waals surface area contributed by atoms with Gasteiger partial charge in [-0.3, -0.25) is 4.57 Å². The molecular formula is C13H16F2N2O. The van der Waals surface area contributed by atoms with Crippen LogP contribution in [0.5, 0.6) is 0 Å². The first-order chi connectivity index (χ1) is 8.72. The molecule has 0 saturated carbocycles. The van der Waals surface area contributed by atoms with Gasteiger partial charge in [-0.2, -0.15) is 8.78 Å². The Labute approximate surface area is 104 Å². The van der Waals surface area contributed by atoms with E-state index >= 15 is 0 Å². The molecule has 0 amide bonds. The molecule has 0 bridgehead atoms. The standard InChI is InChI=1S/C13H16F2N2O/c1-18-7-5-16-9-10-2-3-12-11(8-10)4-6-17(12)13(14)15/h2-4,6,8,13,16H,5,7,9H2,1H3. The second-order valence-electron chi connectivity index (χ2n) is 4.06. The van der Waals surface area contributed by atoms with E-state index in [2.05, 4.69) is 5.32 Å². The molecule has 0 unspecified atom stereocenters. The van der Waals surface area contributed by atoms with E-state index in [0.29, 0.717) is 18.7 Å². The van der Waals surface area contributed by atoms with Crippen molar-refractivity contribution in [1.82, 2.24) is 9.88 Å². The Kier molecular flexibility index (Phi) is 4.28. The van der Waals surface area contributed by atoms with Crippen LogP contribution in [0.4, 0.5) is 8.78 Å². The lowest BCUT2D eigenvalue weighted by Gasteiger charge is -2.06. The Morgan fingerprint density at radius 1 is 1.33 bits per heavy atom. The van der Waals surface area contributed by atoms with Crippen molar-refractivity contribution in [2.24, 2.45) is 0 Å². The summed E-state index contributed by atoms with van der Waals surface area (Å²) < 4.78 is 31.2. The van der Waals surface area contributed by atoms with Crippen molar-refractivity contribution in [3.8, 4) is 0 Å². The zero-order valence-electron chi connectivity index (χ0n) is 10.2. The van der Waals surface area contributed by atoms with Crippen molar-refractivity contribution in [3.63, 3.8) is 0 Å². The van der Waals surface area contributed by atoms with E-state index in [1.54, 1.807) is 19.2 Å². The van der Waals surface area contributed by atoms with Gasteiger partial charge in [0.15, 0.2) is 0 Å². The Balaban J connectivity index is 2.09. The smallest absolute Gasteiger partial charge is 0.319 e. The zero-order chi connectivity index (χ0) is 13.0. The minimum absolute atomic E-state index is 0.561. The summed E-state index contributed by atoms with van der Waals surface area (Å²) >= 11 is 0. The topological polar surface area (TPSA) is 26.2 Å². The van der Waals surface area contributed by atoms with E-state index < -0.39 is 6.55 Å². The Bertz CT molecular complexity index is 511. The van der Waals surface area contributed by atoms with Gasteiger partial charge >= 0.3 is 6.55 Å². The fourth-order valence-corrected chi connectivity index (χ4v) is 1.90. The maximum absolute atomic E-state index is 12.7. The van der Waals surface area contributed by atoms with Crippen molar-refractivity contribution in [2.75, 3.05) is 20.3 Å². The summed E-state index contributed by atoms with van der Waals surface area (Å²) in [6.07, 6.45) is 1.41. The van der Waals surface area contributed by atoms with Crippen LogP contribution in [-0.4, -0.2) is 24.8 Å². The maximum Gasteiger partial charge on any atom is 0.319 e. The van der Waals surface area contributed by atoms with Crippen LogP contribution in [0.1, 0.15) is 12.1 Å². The van der Waals surface area contributed by atoms with E-state index in [9.17, 15) is 8.78 Å². The predicted molar refractivity (Wildman–Crippen MR) is 66.8 cm³/mol. The van der Waals surface area contributed by atoms with Crippen LogP contribution in [0, 0.1) is 0 Å². The predicted octanol–water partition coefficient (Wildman–Crippen LogP) is 2.77. The van der Waals surface area contributed by atoms with Gasteiger partial charge in [0.05, 0.1) is 12.1 Å². The number of rotatable bonds is 6. The van der Waals surface area contributed by atoms with Crippen molar-refractivity contribution >= 4 is 10.9 Å². The Hall–Kier alpha value is -1.46. The molecule has 2 aromatic rings. The van der Waals surface area contributed by atoms with Crippen LogP contribution in [-0.2, 0) is 11.3 Å². The maximum atomic E-state index is 12.7. The quantitative estimate of drug-likeness (QED) is 0.802. The van der Waals surface area contributed by atoms with Gasteiger partial charge < -0.3 is 10.1 Å². The molecule has 0 saturated heterocycles.